The first-order chi connectivity index (χ1) is 6.10. The molecule has 0 spiro atoms. The van der Waals surface area contributed by atoms with Crippen molar-refractivity contribution in [2.24, 2.45) is 5.92 Å². The lowest BCUT2D eigenvalue weighted by atomic mass is 9.81. The highest BCUT2D eigenvalue weighted by Crippen LogP contribution is 2.27. The summed E-state index contributed by atoms with van der Waals surface area (Å²) in [6.45, 7) is 7.31. The number of hydrogen-bond acceptors (Lipinski definition) is 2. The van der Waals surface area contributed by atoms with Crippen LogP contribution < -0.4 is 5.32 Å². The SMILES string of the molecule is CCC1CCNC(C(C)(O)CC)C1. The number of hydrogen-bond donors (Lipinski definition) is 2. The van der Waals surface area contributed by atoms with E-state index in [1.807, 2.05) is 6.92 Å². The van der Waals surface area contributed by atoms with Crippen LogP contribution >= 0.6 is 0 Å². The smallest absolute Gasteiger partial charge is 0.0769 e. The van der Waals surface area contributed by atoms with E-state index < -0.39 is 5.60 Å². The number of nitrogens with one attached hydrogen (secondary N) is 1. The molecule has 3 unspecified atom stereocenters. The molecule has 2 N–H and O–H groups in total. The van der Waals surface area contributed by atoms with Crippen LogP contribution in [0.25, 0.3) is 0 Å². The minimum absolute atomic E-state index is 0.302. The van der Waals surface area contributed by atoms with Gasteiger partial charge in [0.2, 0.25) is 0 Å². The molecule has 1 rings (SSSR count). The Morgan fingerprint density at radius 3 is 2.69 bits per heavy atom. The Kier molecular flexibility index (Phi) is 3.74. The first-order valence-corrected chi connectivity index (χ1v) is 5.56. The third-order valence-corrected chi connectivity index (χ3v) is 3.56. The molecule has 1 aliphatic rings. The Morgan fingerprint density at radius 2 is 2.15 bits per heavy atom. The summed E-state index contributed by atoms with van der Waals surface area (Å²) in [7, 11) is 0. The molecule has 0 amide bonds. The quantitative estimate of drug-likeness (QED) is 0.704. The van der Waals surface area contributed by atoms with Crippen LogP contribution in [-0.2, 0) is 0 Å². The van der Waals surface area contributed by atoms with Crippen molar-refractivity contribution in [1.82, 2.24) is 5.32 Å². The maximum atomic E-state index is 10.1. The van der Waals surface area contributed by atoms with E-state index in [4.69, 9.17) is 0 Å². The molecule has 0 aromatic heterocycles. The fourth-order valence-corrected chi connectivity index (χ4v) is 2.09. The average Bonchev–Trinajstić information content (AvgIpc) is 2.18. The maximum absolute atomic E-state index is 10.1. The summed E-state index contributed by atoms with van der Waals surface area (Å²) in [5, 5.41) is 13.5. The molecule has 0 aromatic rings. The van der Waals surface area contributed by atoms with Gasteiger partial charge < -0.3 is 10.4 Å². The van der Waals surface area contributed by atoms with Gasteiger partial charge in [-0.15, -0.1) is 0 Å². The normalized spacial score (nSPS) is 34.2. The van der Waals surface area contributed by atoms with E-state index in [0.29, 0.717) is 6.04 Å². The van der Waals surface area contributed by atoms with E-state index in [9.17, 15) is 5.11 Å². The molecule has 13 heavy (non-hydrogen) atoms. The fraction of sp³-hybridized carbons (Fsp3) is 1.00. The molecule has 78 valence electrons. The van der Waals surface area contributed by atoms with Gasteiger partial charge in [-0.2, -0.15) is 0 Å². The first kappa shape index (κ1) is 11.0. The van der Waals surface area contributed by atoms with Gasteiger partial charge in [0.1, 0.15) is 0 Å². The van der Waals surface area contributed by atoms with Crippen molar-refractivity contribution >= 4 is 0 Å². The van der Waals surface area contributed by atoms with E-state index in [1.165, 1.54) is 12.8 Å². The second kappa shape index (κ2) is 4.43. The zero-order valence-electron chi connectivity index (χ0n) is 9.14. The van der Waals surface area contributed by atoms with Crippen LogP contribution in [0.2, 0.25) is 0 Å². The highest BCUT2D eigenvalue weighted by molar-refractivity contribution is 4.90. The molecule has 0 saturated carbocycles. The number of piperidine rings is 1. The Morgan fingerprint density at radius 1 is 1.46 bits per heavy atom. The molecular weight excluding hydrogens is 162 g/mol. The van der Waals surface area contributed by atoms with Crippen LogP contribution in [0.3, 0.4) is 0 Å². The van der Waals surface area contributed by atoms with Gasteiger partial charge in [-0.25, -0.2) is 0 Å². The van der Waals surface area contributed by atoms with Crippen LogP contribution in [0.15, 0.2) is 0 Å². The second-order valence-electron chi connectivity index (χ2n) is 4.52. The fourth-order valence-electron chi connectivity index (χ4n) is 2.09. The molecule has 0 bridgehead atoms. The third-order valence-electron chi connectivity index (χ3n) is 3.56. The summed E-state index contributed by atoms with van der Waals surface area (Å²) in [6, 6.07) is 0.302. The van der Waals surface area contributed by atoms with Gasteiger partial charge in [0, 0.05) is 6.04 Å². The van der Waals surface area contributed by atoms with Crippen LogP contribution in [0.4, 0.5) is 0 Å². The summed E-state index contributed by atoms with van der Waals surface area (Å²) >= 11 is 0. The van der Waals surface area contributed by atoms with Crippen LogP contribution in [0.1, 0.15) is 46.5 Å². The van der Waals surface area contributed by atoms with E-state index in [-0.39, 0.29) is 0 Å². The van der Waals surface area contributed by atoms with Gasteiger partial charge in [-0.05, 0) is 38.6 Å². The topological polar surface area (TPSA) is 32.3 Å². The maximum Gasteiger partial charge on any atom is 0.0769 e. The zero-order valence-corrected chi connectivity index (χ0v) is 9.14. The average molecular weight is 185 g/mol. The molecule has 0 aliphatic carbocycles. The molecule has 0 aromatic carbocycles. The van der Waals surface area contributed by atoms with Crippen LogP contribution in [0, 0.1) is 5.92 Å². The van der Waals surface area contributed by atoms with Crippen molar-refractivity contribution in [3.63, 3.8) is 0 Å². The summed E-state index contributed by atoms with van der Waals surface area (Å²) in [5.41, 5.74) is -0.520. The molecule has 1 aliphatic heterocycles. The minimum atomic E-state index is -0.520. The largest absolute Gasteiger partial charge is 0.389 e. The van der Waals surface area contributed by atoms with Gasteiger partial charge in [0.15, 0.2) is 0 Å². The highest BCUT2D eigenvalue weighted by Gasteiger charge is 2.33. The molecule has 0 radical (unpaired) electrons. The zero-order chi connectivity index (χ0) is 9.90. The number of rotatable bonds is 3. The molecule has 1 saturated heterocycles. The first-order valence-electron chi connectivity index (χ1n) is 5.56. The molecule has 3 atom stereocenters. The van der Waals surface area contributed by atoms with Crippen molar-refractivity contribution < 1.29 is 5.11 Å². The Labute approximate surface area is 81.7 Å². The summed E-state index contributed by atoms with van der Waals surface area (Å²) in [4.78, 5) is 0. The Balaban J connectivity index is 2.50. The lowest BCUT2D eigenvalue weighted by molar-refractivity contribution is -0.00181. The van der Waals surface area contributed by atoms with Gasteiger partial charge in [0.05, 0.1) is 5.60 Å². The van der Waals surface area contributed by atoms with Crippen molar-refractivity contribution in [1.29, 1.82) is 0 Å². The predicted molar refractivity (Wildman–Crippen MR) is 55.7 cm³/mol. The van der Waals surface area contributed by atoms with E-state index >= 15 is 0 Å². The second-order valence-corrected chi connectivity index (χ2v) is 4.52. The van der Waals surface area contributed by atoms with Gasteiger partial charge in [-0.3, -0.25) is 0 Å². The van der Waals surface area contributed by atoms with E-state index in [0.717, 1.165) is 25.3 Å². The van der Waals surface area contributed by atoms with E-state index in [2.05, 4.69) is 19.2 Å². The van der Waals surface area contributed by atoms with Crippen molar-refractivity contribution in [2.75, 3.05) is 6.54 Å². The number of aliphatic hydroxyl groups is 1. The standard InChI is InChI=1S/C11H23NO/c1-4-9-6-7-12-10(8-9)11(3,13)5-2/h9-10,12-13H,4-8H2,1-3H3. The summed E-state index contributed by atoms with van der Waals surface area (Å²) < 4.78 is 0. The molecular formula is C11H23NO. The van der Waals surface area contributed by atoms with Gasteiger partial charge >= 0.3 is 0 Å². The summed E-state index contributed by atoms with van der Waals surface area (Å²) in [6.07, 6.45) is 4.49. The monoisotopic (exact) mass is 185 g/mol. The van der Waals surface area contributed by atoms with Crippen LogP contribution in [-0.4, -0.2) is 23.3 Å². The van der Waals surface area contributed by atoms with Crippen molar-refractivity contribution in [2.45, 2.75) is 58.1 Å². The van der Waals surface area contributed by atoms with Crippen molar-refractivity contribution in [3.05, 3.63) is 0 Å². The van der Waals surface area contributed by atoms with Crippen molar-refractivity contribution in [3.8, 4) is 0 Å². The Hall–Kier alpha value is -0.0800. The lowest BCUT2D eigenvalue weighted by Crippen LogP contribution is -2.52. The lowest BCUT2D eigenvalue weighted by Gasteiger charge is -2.38. The predicted octanol–water partition coefficient (Wildman–Crippen LogP) is 1.93. The summed E-state index contributed by atoms with van der Waals surface area (Å²) in [5.74, 6) is 0.810. The minimum Gasteiger partial charge on any atom is -0.389 e. The van der Waals surface area contributed by atoms with Crippen LogP contribution in [0.5, 0.6) is 0 Å². The molecule has 1 heterocycles. The third kappa shape index (κ3) is 2.68. The highest BCUT2D eigenvalue weighted by atomic mass is 16.3. The van der Waals surface area contributed by atoms with Gasteiger partial charge in [-0.1, -0.05) is 20.3 Å². The Bertz CT molecular complexity index is 156. The van der Waals surface area contributed by atoms with Gasteiger partial charge in [0.25, 0.3) is 0 Å². The molecule has 1 fully saturated rings. The molecule has 2 nitrogen and oxygen atoms in total. The molecule has 2 heteroatoms. The van der Waals surface area contributed by atoms with E-state index in [1.54, 1.807) is 0 Å².